The lowest BCUT2D eigenvalue weighted by Crippen LogP contribution is -2.17. The molecule has 0 aliphatic heterocycles. The van der Waals surface area contributed by atoms with Crippen molar-refractivity contribution >= 4 is 12.1 Å². The number of amides is 1. The highest BCUT2D eigenvalue weighted by atomic mass is 16.5. The number of hydrogen-bond acceptors (Lipinski definition) is 5. The van der Waals surface area contributed by atoms with Crippen LogP contribution in [0, 0.1) is 0 Å². The fraction of sp³-hybridized carbons (Fsp3) is 0.0476. The minimum Gasteiger partial charge on any atom is -0.508 e. The zero-order valence-corrected chi connectivity index (χ0v) is 14.4. The summed E-state index contributed by atoms with van der Waals surface area (Å²) in [5.41, 5.74) is 4.16. The maximum atomic E-state index is 12.0. The summed E-state index contributed by atoms with van der Waals surface area (Å²) in [6, 6.07) is 20.8. The van der Waals surface area contributed by atoms with E-state index in [1.165, 1.54) is 18.3 Å². The van der Waals surface area contributed by atoms with Crippen LogP contribution in [0.3, 0.4) is 0 Å². The Kier molecular flexibility index (Phi) is 5.69. The van der Waals surface area contributed by atoms with Gasteiger partial charge in [0.05, 0.1) is 11.8 Å². The quantitative estimate of drug-likeness (QED) is 0.463. The molecule has 0 aliphatic carbocycles. The molecular formula is C21H18N2O4. The van der Waals surface area contributed by atoms with Crippen LogP contribution < -0.4 is 10.2 Å². The lowest BCUT2D eigenvalue weighted by Gasteiger charge is -2.07. The number of rotatable bonds is 6. The first-order valence-corrected chi connectivity index (χ1v) is 8.24. The van der Waals surface area contributed by atoms with Gasteiger partial charge >= 0.3 is 0 Å². The van der Waals surface area contributed by atoms with Crippen molar-refractivity contribution in [1.82, 2.24) is 5.43 Å². The standard InChI is InChI=1S/C21H18N2O4/c24-17-9-10-19(20(25)12-17)21(26)23-22-13-16-7-4-8-18(11-16)27-14-15-5-2-1-3-6-15/h1-13,24-25H,14H2,(H,23,26). The maximum Gasteiger partial charge on any atom is 0.275 e. The predicted molar refractivity (Wildman–Crippen MR) is 102 cm³/mol. The number of phenolic OH excluding ortho intramolecular Hbond substituents is 2. The molecule has 6 heteroatoms. The van der Waals surface area contributed by atoms with Gasteiger partial charge in [-0.05, 0) is 35.4 Å². The normalized spacial score (nSPS) is 10.7. The third kappa shape index (κ3) is 5.09. The van der Waals surface area contributed by atoms with Crippen LogP contribution in [-0.2, 0) is 6.61 Å². The van der Waals surface area contributed by atoms with Crippen LogP contribution in [0.4, 0.5) is 0 Å². The second-order valence-electron chi connectivity index (χ2n) is 5.75. The number of nitrogens with zero attached hydrogens (tertiary/aromatic N) is 1. The van der Waals surface area contributed by atoms with E-state index in [9.17, 15) is 15.0 Å². The van der Waals surface area contributed by atoms with E-state index in [0.29, 0.717) is 12.4 Å². The van der Waals surface area contributed by atoms with Gasteiger partial charge < -0.3 is 14.9 Å². The summed E-state index contributed by atoms with van der Waals surface area (Å²) in [5, 5.41) is 22.8. The molecule has 1 amide bonds. The molecule has 136 valence electrons. The lowest BCUT2D eigenvalue weighted by atomic mass is 10.2. The van der Waals surface area contributed by atoms with Crippen LogP contribution in [0.2, 0.25) is 0 Å². The van der Waals surface area contributed by atoms with Crippen LogP contribution in [0.1, 0.15) is 21.5 Å². The van der Waals surface area contributed by atoms with E-state index >= 15 is 0 Å². The largest absolute Gasteiger partial charge is 0.508 e. The van der Waals surface area contributed by atoms with Gasteiger partial charge in [0.2, 0.25) is 0 Å². The monoisotopic (exact) mass is 362 g/mol. The highest BCUT2D eigenvalue weighted by Crippen LogP contribution is 2.22. The fourth-order valence-electron chi connectivity index (χ4n) is 2.36. The van der Waals surface area contributed by atoms with Crippen LogP contribution in [0.25, 0.3) is 0 Å². The third-order valence-corrected chi connectivity index (χ3v) is 3.71. The first kappa shape index (κ1) is 18.0. The molecule has 27 heavy (non-hydrogen) atoms. The first-order valence-electron chi connectivity index (χ1n) is 8.24. The minimum absolute atomic E-state index is 0.0184. The molecule has 0 fully saturated rings. The first-order chi connectivity index (χ1) is 13.1. The topological polar surface area (TPSA) is 91.2 Å². The fourth-order valence-corrected chi connectivity index (χ4v) is 2.36. The Morgan fingerprint density at radius 2 is 1.81 bits per heavy atom. The zero-order valence-electron chi connectivity index (χ0n) is 14.4. The van der Waals surface area contributed by atoms with Gasteiger partial charge in [-0.3, -0.25) is 4.79 Å². The van der Waals surface area contributed by atoms with Gasteiger partial charge in [0.1, 0.15) is 23.9 Å². The van der Waals surface area contributed by atoms with Gasteiger partial charge in [-0.1, -0.05) is 42.5 Å². The van der Waals surface area contributed by atoms with Crippen molar-refractivity contribution < 1.29 is 19.7 Å². The molecule has 0 radical (unpaired) electrons. The van der Waals surface area contributed by atoms with Crippen molar-refractivity contribution in [3.63, 3.8) is 0 Å². The van der Waals surface area contributed by atoms with Gasteiger partial charge in [-0.2, -0.15) is 5.10 Å². The Bertz CT molecular complexity index is 955. The van der Waals surface area contributed by atoms with Crippen molar-refractivity contribution in [1.29, 1.82) is 0 Å². The highest BCUT2D eigenvalue weighted by Gasteiger charge is 2.10. The molecule has 0 spiro atoms. The number of hydrogen-bond donors (Lipinski definition) is 3. The number of phenols is 2. The summed E-state index contributed by atoms with van der Waals surface area (Å²) < 4.78 is 5.75. The van der Waals surface area contributed by atoms with Crippen molar-refractivity contribution in [2.24, 2.45) is 5.10 Å². The smallest absolute Gasteiger partial charge is 0.275 e. The maximum absolute atomic E-state index is 12.0. The predicted octanol–water partition coefficient (Wildman–Crippen LogP) is 3.44. The Balaban J connectivity index is 1.59. The summed E-state index contributed by atoms with van der Waals surface area (Å²) in [6.07, 6.45) is 1.48. The summed E-state index contributed by atoms with van der Waals surface area (Å²) in [7, 11) is 0. The molecular weight excluding hydrogens is 344 g/mol. The van der Waals surface area contributed by atoms with Gasteiger partial charge in [-0.25, -0.2) is 5.43 Å². The van der Waals surface area contributed by atoms with E-state index < -0.39 is 5.91 Å². The lowest BCUT2D eigenvalue weighted by molar-refractivity contribution is 0.0952. The number of nitrogens with one attached hydrogen (secondary N) is 1. The number of benzene rings is 3. The molecule has 0 unspecified atom stereocenters. The Morgan fingerprint density at radius 3 is 2.59 bits per heavy atom. The van der Waals surface area contributed by atoms with E-state index in [1.54, 1.807) is 6.07 Å². The number of carbonyl (C=O) groups is 1. The Morgan fingerprint density at radius 1 is 1.00 bits per heavy atom. The summed E-state index contributed by atoms with van der Waals surface area (Å²) >= 11 is 0. The molecule has 0 saturated heterocycles. The second kappa shape index (κ2) is 8.53. The molecule has 0 heterocycles. The van der Waals surface area contributed by atoms with Gasteiger partial charge in [0, 0.05) is 6.07 Å². The minimum atomic E-state index is -0.583. The number of hydrazone groups is 1. The molecule has 6 nitrogen and oxygen atoms in total. The molecule has 0 atom stereocenters. The van der Waals surface area contributed by atoms with Gasteiger partial charge in [0.25, 0.3) is 5.91 Å². The van der Waals surface area contributed by atoms with Gasteiger partial charge in [-0.15, -0.1) is 0 Å². The van der Waals surface area contributed by atoms with Crippen LogP contribution in [-0.4, -0.2) is 22.3 Å². The SMILES string of the molecule is O=C(NN=Cc1cccc(OCc2ccccc2)c1)c1ccc(O)cc1O. The summed E-state index contributed by atoms with van der Waals surface area (Å²) in [4.78, 5) is 12.0. The molecule has 0 bridgehead atoms. The van der Waals surface area contributed by atoms with Crippen molar-refractivity contribution in [2.75, 3.05) is 0 Å². The molecule has 3 aromatic carbocycles. The van der Waals surface area contributed by atoms with E-state index in [4.69, 9.17) is 4.74 Å². The number of aromatic hydroxyl groups is 2. The van der Waals surface area contributed by atoms with Crippen molar-refractivity contribution in [3.8, 4) is 17.2 Å². The molecule has 0 saturated carbocycles. The Labute approximate surface area is 156 Å². The zero-order chi connectivity index (χ0) is 19.1. The van der Waals surface area contributed by atoms with E-state index in [2.05, 4.69) is 10.5 Å². The van der Waals surface area contributed by atoms with Crippen LogP contribution in [0.5, 0.6) is 17.2 Å². The van der Waals surface area contributed by atoms with E-state index in [1.807, 2.05) is 48.5 Å². The molecule has 0 aliphatic rings. The average molecular weight is 362 g/mol. The number of ether oxygens (including phenoxy) is 1. The van der Waals surface area contributed by atoms with Crippen LogP contribution in [0.15, 0.2) is 77.9 Å². The van der Waals surface area contributed by atoms with Crippen LogP contribution >= 0.6 is 0 Å². The summed E-state index contributed by atoms with van der Waals surface area (Å²) in [6.45, 7) is 0.457. The second-order valence-corrected chi connectivity index (χ2v) is 5.75. The summed E-state index contributed by atoms with van der Waals surface area (Å²) in [5.74, 6) is -0.343. The molecule has 0 aromatic heterocycles. The van der Waals surface area contributed by atoms with Crippen molar-refractivity contribution in [3.05, 3.63) is 89.5 Å². The van der Waals surface area contributed by atoms with Gasteiger partial charge in [0.15, 0.2) is 0 Å². The van der Waals surface area contributed by atoms with E-state index in [0.717, 1.165) is 17.2 Å². The molecule has 3 aromatic rings. The third-order valence-electron chi connectivity index (χ3n) is 3.71. The highest BCUT2D eigenvalue weighted by molar-refractivity contribution is 5.97. The van der Waals surface area contributed by atoms with E-state index in [-0.39, 0.29) is 17.1 Å². The Hall–Kier alpha value is -3.80. The number of carbonyl (C=O) groups excluding carboxylic acids is 1. The molecule has 3 N–H and O–H groups in total. The molecule has 3 rings (SSSR count). The van der Waals surface area contributed by atoms with Crippen molar-refractivity contribution in [2.45, 2.75) is 6.61 Å². The average Bonchev–Trinajstić information content (AvgIpc) is 2.67.